The van der Waals surface area contributed by atoms with E-state index < -0.39 is 0 Å². The number of anilines is 1. The summed E-state index contributed by atoms with van der Waals surface area (Å²) in [6.45, 7) is 3.68. The molecule has 2 fully saturated rings. The van der Waals surface area contributed by atoms with Crippen molar-refractivity contribution >= 4 is 40.7 Å². The molecule has 1 atom stereocenters. The van der Waals surface area contributed by atoms with E-state index in [1.807, 2.05) is 35.5 Å². The summed E-state index contributed by atoms with van der Waals surface area (Å²) < 4.78 is 0. The van der Waals surface area contributed by atoms with Gasteiger partial charge in [-0.05, 0) is 97.5 Å². The second-order valence-electron chi connectivity index (χ2n) is 11.1. The lowest BCUT2D eigenvalue weighted by Crippen LogP contribution is -2.48. The van der Waals surface area contributed by atoms with Gasteiger partial charge in [-0.1, -0.05) is 29.3 Å². The Bertz CT molecular complexity index is 1380. The van der Waals surface area contributed by atoms with Crippen LogP contribution in [0.25, 0.3) is 0 Å². The maximum Gasteiger partial charge on any atom is 0.253 e. The van der Waals surface area contributed by atoms with Gasteiger partial charge in [0.25, 0.3) is 11.8 Å². The molecule has 3 aliphatic rings. The van der Waals surface area contributed by atoms with Crippen LogP contribution in [0.1, 0.15) is 70.0 Å². The van der Waals surface area contributed by atoms with E-state index in [4.69, 9.17) is 23.2 Å². The van der Waals surface area contributed by atoms with Crippen LogP contribution in [0.4, 0.5) is 5.69 Å². The summed E-state index contributed by atoms with van der Waals surface area (Å²) in [5.41, 5.74) is 4.82. The summed E-state index contributed by atoms with van der Waals surface area (Å²) in [4.78, 5) is 35.1. The lowest BCUT2D eigenvalue weighted by atomic mass is 9.71. The number of hydrogen-bond acceptors (Lipinski definition) is 4. The number of pyridine rings is 1. The Morgan fingerprint density at radius 3 is 2.36 bits per heavy atom. The molecule has 202 valence electrons. The smallest absolute Gasteiger partial charge is 0.253 e. The molecule has 1 aromatic heterocycles. The number of likely N-dealkylation sites (tertiary alicyclic amines) is 1. The van der Waals surface area contributed by atoms with E-state index in [2.05, 4.69) is 27.3 Å². The number of amides is 2. The van der Waals surface area contributed by atoms with Crippen molar-refractivity contribution in [3.05, 3.63) is 93.2 Å². The van der Waals surface area contributed by atoms with E-state index in [-0.39, 0.29) is 17.9 Å². The molecule has 1 aliphatic carbocycles. The van der Waals surface area contributed by atoms with Gasteiger partial charge in [-0.2, -0.15) is 0 Å². The normalized spacial score (nSPS) is 20.1. The molecule has 3 aromatic rings. The number of benzene rings is 2. The van der Waals surface area contributed by atoms with Crippen molar-refractivity contribution in [2.24, 2.45) is 5.41 Å². The molecule has 8 heteroatoms. The molecule has 39 heavy (non-hydrogen) atoms. The number of aromatic nitrogens is 1. The third-order valence-electron chi connectivity index (χ3n) is 8.91. The number of nitrogens with one attached hydrogen (secondary N) is 1. The first kappa shape index (κ1) is 26.1. The van der Waals surface area contributed by atoms with Crippen LogP contribution in [0, 0.1) is 5.41 Å². The van der Waals surface area contributed by atoms with Crippen LogP contribution in [-0.2, 0) is 6.42 Å². The molecule has 2 saturated heterocycles. The standard InChI is InChI=1S/C31H32Cl2N4O2/c32-23-4-5-27(33)26(20-23)29(38)35-28-6-3-21-1-2-22(19-25(21)28)30(39)37-17-11-31(12-18-37)9-15-36(16-10-31)24-7-13-34-14-8-24/h1-2,4-5,7-8,13-14,19-20,28H,3,6,9-12,15-18H2,(H,35,38). The Hall–Kier alpha value is -3.09. The molecule has 1 unspecified atom stereocenters. The summed E-state index contributed by atoms with van der Waals surface area (Å²) in [5.74, 6) is -0.176. The fraction of sp³-hybridized carbons (Fsp3) is 0.387. The Labute approximate surface area is 239 Å². The maximum absolute atomic E-state index is 13.5. The second-order valence-corrected chi connectivity index (χ2v) is 11.9. The van der Waals surface area contributed by atoms with Crippen molar-refractivity contribution < 1.29 is 9.59 Å². The minimum atomic E-state index is -0.256. The molecule has 6 nitrogen and oxygen atoms in total. The highest BCUT2D eigenvalue weighted by Crippen LogP contribution is 2.42. The van der Waals surface area contributed by atoms with Gasteiger partial charge in [0.2, 0.25) is 0 Å². The van der Waals surface area contributed by atoms with Gasteiger partial charge in [-0.15, -0.1) is 0 Å². The number of carbonyl (C=O) groups is 2. The van der Waals surface area contributed by atoms with Gasteiger partial charge in [0.05, 0.1) is 16.6 Å². The number of nitrogens with zero attached hydrogens (tertiary/aromatic N) is 3. The molecular formula is C31H32Cl2N4O2. The van der Waals surface area contributed by atoms with Crippen LogP contribution in [-0.4, -0.2) is 47.9 Å². The molecule has 6 rings (SSSR count). The molecule has 2 amide bonds. The van der Waals surface area contributed by atoms with Gasteiger partial charge in [0.1, 0.15) is 0 Å². The molecule has 3 heterocycles. The van der Waals surface area contributed by atoms with Crippen LogP contribution in [0.15, 0.2) is 60.9 Å². The van der Waals surface area contributed by atoms with Crippen molar-refractivity contribution in [3.63, 3.8) is 0 Å². The number of hydrogen-bond donors (Lipinski definition) is 1. The fourth-order valence-electron chi connectivity index (χ4n) is 6.45. The predicted octanol–water partition coefficient (Wildman–Crippen LogP) is 6.33. The largest absolute Gasteiger partial charge is 0.371 e. The van der Waals surface area contributed by atoms with Gasteiger partial charge >= 0.3 is 0 Å². The number of piperidine rings is 2. The van der Waals surface area contributed by atoms with E-state index in [1.165, 1.54) is 11.3 Å². The number of fused-ring (bicyclic) bond motifs is 1. The van der Waals surface area contributed by atoms with E-state index in [9.17, 15) is 9.59 Å². The monoisotopic (exact) mass is 562 g/mol. The van der Waals surface area contributed by atoms with E-state index in [1.54, 1.807) is 18.2 Å². The Morgan fingerprint density at radius 2 is 1.62 bits per heavy atom. The zero-order chi connectivity index (χ0) is 27.0. The fourth-order valence-corrected chi connectivity index (χ4v) is 6.83. The van der Waals surface area contributed by atoms with Crippen molar-refractivity contribution in [3.8, 4) is 0 Å². The zero-order valence-electron chi connectivity index (χ0n) is 21.8. The summed E-state index contributed by atoms with van der Waals surface area (Å²) in [6.07, 6.45) is 9.78. The number of aryl methyl sites for hydroxylation is 1. The minimum Gasteiger partial charge on any atom is -0.371 e. The lowest BCUT2D eigenvalue weighted by molar-refractivity contribution is 0.0515. The van der Waals surface area contributed by atoms with Crippen LogP contribution in [0.2, 0.25) is 10.0 Å². The van der Waals surface area contributed by atoms with E-state index >= 15 is 0 Å². The van der Waals surface area contributed by atoms with Crippen LogP contribution < -0.4 is 10.2 Å². The number of rotatable bonds is 4. The van der Waals surface area contributed by atoms with Crippen molar-refractivity contribution in [2.45, 2.75) is 44.6 Å². The summed E-state index contributed by atoms with van der Waals surface area (Å²) >= 11 is 12.3. The molecule has 1 N–H and O–H groups in total. The Kier molecular flexibility index (Phi) is 7.25. The molecule has 1 spiro atoms. The number of halogens is 2. The van der Waals surface area contributed by atoms with Crippen LogP contribution in [0.3, 0.4) is 0 Å². The van der Waals surface area contributed by atoms with Gasteiger partial charge in [-0.3, -0.25) is 14.6 Å². The molecule has 0 saturated carbocycles. The van der Waals surface area contributed by atoms with Crippen LogP contribution in [0.5, 0.6) is 0 Å². The van der Waals surface area contributed by atoms with Crippen molar-refractivity contribution in [1.82, 2.24) is 15.2 Å². The van der Waals surface area contributed by atoms with Crippen LogP contribution >= 0.6 is 23.2 Å². The molecule has 0 bridgehead atoms. The summed E-state index contributed by atoms with van der Waals surface area (Å²) in [6, 6.07) is 14.8. The number of carbonyl (C=O) groups excluding carboxylic acids is 2. The third-order valence-corrected chi connectivity index (χ3v) is 9.48. The quantitative estimate of drug-likeness (QED) is 0.403. The van der Waals surface area contributed by atoms with Gasteiger partial charge < -0.3 is 15.1 Å². The molecule has 2 aromatic carbocycles. The SMILES string of the molecule is O=C(NC1CCc2ccc(C(=O)N3CCC4(CC3)CCN(c3ccncc3)CC4)cc21)c1cc(Cl)ccc1Cl. The first-order chi connectivity index (χ1) is 18.9. The molecule has 0 radical (unpaired) electrons. The average Bonchev–Trinajstić information content (AvgIpc) is 3.37. The highest BCUT2D eigenvalue weighted by Gasteiger charge is 2.39. The predicted molar refractivity (Wildman–Crippen MR) is 155 cm³/mol. The molecular weight excluding hydrogens is 531 g/mol. The highest BCUT2D eigenvalue weighted by molar-refractivity contribution is 6.35. The summed E-state index contributed by atoms with van der Waals surface area (Å²) in [5, 5.41) is 3.94. The maximum atomic E-state index is 13.5. The van der Waals surface area contributed by atoms with Gasteiger partial charge in [0.15, 0.2) is 0 Å². The van der Waals surface area contributed by atoms with Crippen molar-refractivity contribution in [1.29, 1.82) is 0 Å². The third kappa shape index (κ3) is 5.37. The van der Waals surface area contributed by atoms with Gasteiger partial charge in [-0.25, -0.2) is 0 Å². The minimum absolute atomic E-state index is 0.0803. The van der Waals surface area contributed by atoms with E-state index in [0.29, 0.717) is 26.6 Å². The first-order valence-corrected chi connectivity index (χ1v) is 14.5. The van der Waals surface area contributed by atoms with Gasteiger partial charge in [0, 0.05) is 54.8 Å². The Morgan fingerprint density at radius 1 is 0.897 bits per heavy atom. The lowest BCUT2D eigenvalue weighted by Gasteiger charge is -2.47. The summed E-state index contributed by atoms with van der Waals surface area (Å²) in [7, 11) is 0. The van der Waals surface area contributed by atoms with Crippen molar-refractivity contribution in [2.75, 3.05) is 31.1 Å². The molecule has 2 aliphatic heterocycles. The van der Waals surface area contributed by atoms with E-state index in [0.717, 1.165) is 70.3 Å². The highest BCUT2D eigenvalue weighted by atomic mass is 35.5. The second kappa shape index (κ2) is 10.8. The average molecular weight is 564 g/mol. The Balaban J connectivity index is 1.08. The topological polar surface area (TPSA) is 65.5 Å². The zero-order valence-corrected chi connectivity index (χ0v) is 23.3. The first-order valence-electron chi connectivity index (χ1n) is 13.7.